The van der Waals surface area contributed by atoms with Crippen molar-refractivity contribution in [2.45, 2.75) is 19.3 Å². The second-order valence-electron chi connectivity index (χ2n) is 17.6. The van der Waals surface area contributed by atoms with E-state index in [-0.39, 0.29) is 5.41 Å². The lowest BCUT2D eigenvalue weighted by molar-refractivity contribution is 0.663. The van der Waals surface area contributed by atoms with E-state index in [1.54, 1.807) is 0 Å². The average molecular weight is 832 g/mol. The number of hydrogen-bond acceptors (Lipinski definition) is 3. The fraction of sp³-hybridized carbons (Fsp3) is 0.0500. The lowest BCUT2D eigenvalue weighted by atomic mass is 9.81. The van der Waals surface area contributed by atoms with Crippen LogP contribution in [-0.4, -0.2) is 24.1 Å². The van der Waals surface area contributed by atoms with Crippen molar-refractivity contribution in [1.29, 1.82) is 0 Å². The Kier molecular flexibility index (Phi) is 8.18. The molecule has 0 bridgehead atoms. The Hall–Kier alpha value is -8.41. The SMILES string of the molecule is CC1(C)c2ccccc2-c2ccc3c4ccccc4n(-c4nc(-c5ccc(-c6ccccc6-c6ccccc6)cc5)nc(-c5cccc6c7ccccc7n(-c7ccccc7)c56)n4)c3c21. The van der Waals surface area contributed by atoms with Gasteiger partial charge in [0.25, 0.3) is 0 Å². The quantitative estimate of drug-likeness (QED) is 0.168. The summed E-state index contributed by atoms with van der Waals surface area (Å²) in [4.78, 5) is 16.5. The van der Waals surface area contributed by atoms with Crippen LogP contribution in [0.25, 0.3) is 111 Å². The molecule has 0 N–H and O–H groups in total. The molecule has 5 nitrogen and oxygen atoms in total. The largest absolute Gasteiger partial charge is 0.309 e. The van der Waals surface area contributed by atoms with Crippen LogP contribution in [0.4, 0.5) is 0 Å². The first-order chi connectivity index (χ1) is 32.0. The molecule has 12 aromatic rings. The highest BCUT2D eigenvalue weighted by molar-refractivity contribution is 6.14. The number of hydrogen-bond donors (Lipinski definition) is 0. The molecule has 0 saturated carbocycles. The monoisotopic (exact) mass is 831 g/mol. The van der Waals surface area contributed by atoms with Crippen LogP contribution in [0, 0.1) is 0 Å². The minimum atomic E-state index is -0.273. The fourth-order valence-electron chi connectivity index (χ4n) is 10.7. The average Bonchev–Trinajstić information content (AvgIpc) is 3.97. The number of nitrogens with zero attached hydrogens (tertiary/aromatic N) is 5. The summed E-state index contributed by atoms with van der Waals surface area (Å²) < 4.78 is 4.67. The Labute approximate surface area is 376 Å². The van der Waals surface area contributed by atoms with Crippen LogP contribution in [0.2, 0.25) is 0 Å². The first-order valence-corrected chi connectivity index (χ1v) is 22.3. The van der Waals surface area contributed by atoms with Crippen molar-refractivity contribution in [1.82, 2.24) is 24.1 Å². The molecule has 5 heteroatoms. The topological polar surface area (TPSA) is 48.5 Å². The lowest BCUT2D eigenvalue weighted by Crippen LogP contribution is -2.17. The molecule has 0 spiro atoms. The van der Waals surface area contributed by atoms with E-state index >= 15 is 0 Å². The number of rotatable bonds is 6. The van der Waals surface area contributed by atoms with Crippen molar-refractivity contribution in [2.24, 2.45) is 0 Å². The highest BCUT2D eigenvalue weighted by atomic mass is 15.2. The summed E-state index contributed by atoms with van der Waals surface area (Å²) in [5, 5.41) is 4.65. The Morgan fingerprint density at radius 2 is 0.862 bits per heavy atom. The molecular weight excluding hydrogens is 791 g/mol. The van der Waals surface area contributed by atoms with Crippen LogP contribution in [0.1, 0.15) is 25.0 Å². The highest BCUT2D eigenvalue weighted by Crippen LogP contribution is 2.53. The van der Waals surface area contributed by atoms with Gasteiger partial charge in [-0.15, -0.1) is 0 Å². The molecule has 1 aliphatic carbocycles. The second kappa shape index (κ2) is 14.3. The third-order valence-electron chi connectivity index (χ3n) is 13.6. The van der Waals surface area contributed by atoms with E-state index in [2.05, 4.69) is 235 Å². The van der Waals surface area contributed by atoms with E-state index in [4.69, 9.17) is 15.0 Å². The van der Waals surface area contributed by atoms with Gasteiger partial charge in [0.05, 0.1) is 22.1 Å². The van der Waals surface area contributed by atoms with Crippen molar-refractivity contribution < 1.29 is 0 Å². The van der Waals surface area contributed by atoms with Crippen LogP contribution in [0.15, 0.2) is 212 Å². The van der Waals surface area contributed by atoms with Gasteiger partial charge in [0, 0.05) is 43.8 Å². The molecule has 0 atom stereocenters. The van der Waals surface area contributed by atoms with Gasteiger partial charge in [-0.1, -0.05) is 196 Å². The van der Waals surface area contributed by atoms with Gasteiger partial charge in [-0.05, 0) is 74.8 Å². The summed E-state index contributed by atoms with van der Waals surface area (Å²) >= 11 is 0. The molecule has 0 aliphatic heterocycles. The Bertz CT molecular complexity index is 3840. The first-order valence-electron chi connectivity index (χ1n) is 22.3. The van der Waals surface area contributed by atoms with Crippen molar-refractivity contribution in [3.05, 3.63) is 223 Å². The molecule has 0 radical (unpaired) electrons. The maximum Gasteiger partial charge on any atom is 0.238 e. The highest BCUT2D eigenvalue weighted by Gasteiger charge is 2.38. The second-order valence-corrected chi connectivity index (χ2v) is 17.6. The van der Waals surface area contributed by atoms with Gasteiger partial charge in [0.15, 0.2) is 11.6 Å². The van der Waals surface area contributed by atoms with Crippen molar-refractivity contribution in [3.8, 4) is 67.8 Å². The minimum absolute atomic E-state index is 0.273. The summed E-state index contributed by atoms with van der Waals surface area (Å²) in [7, 11) is 0. The van der Waals surface area contributed by atoms with Gasteiger partial charge in [-0.2, -0.15) is 9.97 Å². The molecule has 0 amide bonds. The molecule has 3 heterocycles. The van der Waals surface area contributed by atoms with Gasteiger partial charge in [0.2, 0.25) is 5.95 Å². The van der Waals surface area contributed by atoms with Crippen LogP contribution in [0.5, 0.6) is 0 Å². The summed E-state index contributed by atoms with van der Waals surface area (Å²) in [6, 6.07) is 75.8. The zero-order chi connectivity index (χ0) is 43.2. The van der Waals surface area contributed by atoms with E-state index in [0.717, 1.165) is 55.2 Å². The number of para-hydroxylation sites is 4. The summed E-state index contributed by atoms with van der Waals surface area (Å²) in [6.45, 7) is 4.70. The number of fused-ring (bicyclic) bond motifs is 10. The van der Waals surface area contributed by atoms with Gasteiger partial charge in [0.1, 0.15) is 0 Å². The van der Waals surface area contributed by atoms with Crippen LogP contribution < -0.4 is 0 Å². The zero-order valence-corrected chi connectivity index (χ0v) is 35.9. The van der Waals surface area contributed by atoms with Gasteiger partial charge in [-0.3, -0.25) is 4.57 Å². The van der Waals surface area contributed by atoms with E-state index in [0.29, 0.717) is 17.6 Å². The van der Waals surface area contributed by atoms with Gasteiger partial charge in [-0.25, -0.2) is 4.98 Å². The molecule has 65 heavy (non-hydrogen) atoms. The molecular formula is C60H41N5. The molecule has 0 unspecified atom stereocenters. The van der Waals surface area contributed by atoms with Crippen LogP contribution in [-0.2, 0) is 5.41 Å². The van der Waals surface area contributed by atoms with E-state index in [1.807, 2.05) is 0 Å². The molecule has 13 rings (SSSR count). The normalized spacial score (nSPS) is 12.9. The number of benzene rings is 9. The zero-order valence-electron chi connectivity index (χ0n) is 35.9. The number of aromatic nitrogens is 5. The predicted molar refractivity (Wildman–Crippen MR) is 268 cm³/mol. The predicted octanol–water partition coefficient (Wildman–Crippen LogP) is 15.0. The summed E-state index contributed by atoms with van der Waals surface area (Å²) in [5.74, 6) is 1.79. The Morgan fingerprint density at radius 1 is 0.338 bits per heavy atom. The van der Waals surface area contributed by atoms with Gasteiger partial charge < -0.3 is 4.57 Å². The lowest BCUT2D eigenvalue weighted by Gasteiger charge is -2.23. The smallest absolute Gasteiger partial charge is 0.238 e. The maximum absolute atomic E-state index is 5.59. The first kappa shape index (κ1) is 37.2. The van der Waals surface area contributed by atoms with Crippen molar-refractivity contribution in [2.75, 3.05) is 0 Å². The summed E-state index contributed by atoms with van der Waals surface area (Å²) in [6.07, 6.45) is 0. The fourth-order valence-corrected chi connectivity index (χ4v) is 10.7. The molecule has 0 saturated heterocycles. The third kappa shape index (κ3) is 5.62. The molecule has 3 aromatic heterocycles. The van der Waals surface area contributed by atoms with E-state index in [1.165, 1.54) is 49.7 Å². The standard InChI is InChI=1S/C60H41N5/c1-60(2)51-29-14-11-24-44(51)47-36-37-49-46-26-13-16-31-53(46)65(56(49)54(47)60)59-62-57(40-34-32-39(33-35-40)43-23-10-9-22-42(43)38-18-5-3-6-19-38)61-58(63-59)50-28-17-27-48-45-25-12-15-30-52(45)64(55(48)50)41-20-7-4-8-21-41/h3-37H,1-2H3. The Balaban J connectivity index is 1.10. The van der Waals surface area contributed by atoms with Gasteiger partial charge >= 0.3 is 0 Å². The van der Waals surface area contributed by atoms with E-state index in [9.17, 15) is 0 Å². The molecule has 9 aromatic carbocycles. The molecule has 306 valence electrons. The van der Waals surface area contributed by atoms with Crippen LogP contribution >= 0.6 is 0 Å². The molecule has 0 fully saturated rings. The van der Waals surface area contributed by atoms with Crippen molar-refractivity contribution in [3.63, 3.8) is 0 Å². The van der Waals surface area contributed by atoms with Crippen molar-refractivity contribution >= 4 is 43.6 Å². The maximum atomic E-state index is 5.59. The minimum Gasteiger partial charge on any atom is -0.309 e. The Morgan fingerprint density at radius 3 is 1.58 bits per heavy atom. The van der Waals surface area contributed by atoms with E-state index < -0.39 is 0 Å². The molecule has 1 aliphatic rings. The third-order valence-corrected chi connectivity index (χ3v) is 13.6. The summed E-state index contributed by atoms with van der Waals surface area (Å²) in [5.41, 5.74) is 16.8. The van der Waals surface area contributed by atoms with Crippen LogP contribution in [0.3, 0.4) is 0 Å².